The molecule has 5 nitrogen and oxygen atoms in total. The van der Waals surface area contributed by atoms with Crippen LogP contribution in [0.15, 0.2) is 24.5 Å². The van der Waals surface area contributed by atoms with Crippen molar-refractivity contribution in [1.82, 2.24) is 20.1 Å². The summed E-state index contributed by atoms with van der Waals surface area (Å²) >= 11 is 0. The Balaban J connectivity index is 1.66. The Hall–Kier alpha value is -2.17. The first-order valence-corrected chi connectivity index (χ1v) is 7.46. The molecule has 1 amide bonds. The van der Waals surface area contributed by atoms with Crippen LogP contribution in [0.2, 0.25) is 0 Å². The summed E-state index contributed by atoms with van der Waals surface area (Å²) in [7, 11) is 1.84. The number of nitrogens with one attached hydrogen (secondary N) is 1. The van der Waals surface area contributed by atoms with E-state index < -0.39 is 0 Å². The number of carbonyl (C=O) groups is 1. The van der Waals surface area contributed by atoms with Crippen molar-refractivity contribution in [2.24, 2.45) is 0 Å². The van der Waals surface area contributed by atoms with E-state index in [9.17, 15) is 4.79 Å². The van der Waals surface area contributed by atoms with Gasteiger partial charge >= 0.3 is 0 Å². The molecular formula is C16H20N4O. The molecule has 1 N–H and O–H groups in total. The van der Waals surface area contributed by atoms with Gasteiger partial charge in [-0.25, -0.2) is 0 Å². The third kappa shape index (κ3) is 2.96. The highest BCUT2D eigenvalue weighted by Gasteiger charge is 2.23. The molecule has 1 aliphatic rings. The fourth-order valence-electron chi connectivity index (χ4n) is 2.79. The average molecular weight is 284 g/mol. The maximum atomic E-state index is 12.5. The standard InChI is InChI=1S/C16H20N4O/c1-20(11-8-12-6-9-17-10-7-12)16(21)15-13-4-2-3-5-14(13)18-19-15/h6-7,9-10H,2-5,8,11H2,1H3,(H,18,19). The van der Waals surface area contributed by atoms with Gasteiger partial charge in [-0.3, -0.25) is 14.9 Å². The number of aromatic amines is 1. The maximum Gasteiger partial charge on any atom is 0.274 e. The lowest BCUT2D eigenvalue weighted by molar-refractivity contribution is 0.0789. The minimum absolute atomic E-state index is 0.0171. The van der Waals surface area contributed by atoms with Crippen molar-refractivity contribution >= 4 is 5.91 Å². The Bertz CT molecular complexity index is 620. The zero-order valence-electron chi connectivity index (χ0n) is 12.3. The lowest BCUT2D eigenvalue weighted by Crippen LogP contribution is -2.30. The van der Waals surface area contributed by atoms with Crippen LogP contribution in [-0.4, -0.2) is 39.6 Å². The molecule has 0 radical (unpaired) electrons. The van der Waals surface area contributed by atoms with Gasteiger partial charge in [-0.2, -0.15) is 5.10 Å². The van der Waals surface area contributed by atoms with Gasteiger partial charge in [0.25, 0.3) is 5.91 Å². The average Bonchev–Trinajstić information content (AvgIpc) is 2.97. The molecule has 2 aromatic heterocycles. The van der Waals surface area contributed by atoms with E-state index >= 15 is 0 Å². The molecule has 0 saturated carbocycles. The van der Waals surface area contributed by atoms with Crippen LogP contribution >= 0.6 is 0 Å². The van der Waals surface area contributed by atoms with Crippen molar-refractivity contribution in [3.05, 3.63) is 47.0 Å². The quantitative estimate of drug-likeness (QED) is 0.934. The first-order chi connectivity index (χ1) is 10.3. The molecule has 1 aliphatic carbocycles. The number of hydrogen-bond acceptors (Lipinski definition) is 3. The van der Waals surface area contributed by atoms with Crippen molar-refractivity contribution in [3.63, 3.8) is 0 Å². The summed E-state index contributed by atoms with van der Waals surface area (Å²) in [5.74, 6) is 0.0171. The minimum Gasteiger partial charge on any atom is -0.340 e. The number of pyridine rings is 1. The number of H-pyrrole nitrogens is 1. The van der Waals surface area contributed by atoms with Gasteiger partial charge in [-0.05, 0) is 49.8 Å². The van der Waals surface area contributed by atoms with Gasteiger partial charge in [0.2, 0.25) is 0 Å². The van der Waals surface area contributed by atoms with Crippen LogP contribution < -0.4 is 0 Å². The van der Waals surface area contributed by atoms with Crippen LogP contribution in [-0.2, 0) is 19.3 Å². The highest BCUT2D eigenvalue weighted by atomic mass is 16.2. The second-order valence-corrected chi connectivity index (χ2v) is 5.57. The number of aromatic nitrogens is 3. The molecule has 2 heterocycles. The molecular weight excluding hydrogens is 264 g/mol. The normalized spacial score (nSPS) is 13.8. The van der Waals surface area contributed by atoms with E-state index in [0.29, 0.717) is 12.2 Å². The van der Waals surface area contributed by atoms with Gasteiger partial charge in [0.05, 0.1) is 0 Å². The molecule has 0 unspecified atom stereocenters. The number of rotatable bonds is 4. The Labute approximate surface area is 124 Å². The van der Waals surface area contributed by atoms with Crippen LogP contribution in [0.25, 0.3) is 0 Å². The summed E-state index contributed by atoms with van der Waals surface area (Å²) in [5, 5.41) is 7.28. The van der Waals surface area contributed by atoms with Crippen LogP contribution in [0, 0.1) is 0 Å². The van der Waals surface area contributed by atoms with Gasteiger partial charge in [0.1, 0.15) is 0 Å². The lowest BCUT2D eigenvalue weighted by atomic mass is 9.95. The fraction of sp³-hybridized carbons (Fsp3) is 0.438. The Morgan fingerprint density at radius 3 is 2.86 bits per heavy atom. The molecule has 0 aliphatic heterocycles. The molecule has 0 spiro atoms. The van der Waals surface area contributed by atoms with Crippen molar-refractivity contribution in [2.45, 2.75) is 32.1 Å². The topological polar surface area (TPSA) is 61.9 Å². The SMILES string of the molecule is CN(CCc1ccncc1)C(=O)c1n[nH]c2c1CCCC2. The van der Waals surface area contributed by atoms with E-state index in [4.69, 9.17) is 0 Å². The highest BCUT2D eigenvalue weighted by molar-refractivity contribution is 5.93. The van der Waals surface area contributed by atoms with E-state index in [1.807, 2.05) is 19.2 Å². The Morgan fingerprint density at radius 2 is 2.05 bits per heavy atom. The summed E-state index contributed by atoms with van der Waals surface area (Å²) < 4.78 is 0. The smallest absolute Gasteiger partial charge is 0.274 e. The molecule has 2 aromatic rings. The van der Waals surface area contributed by atoms with Crippen molar-refractivity contribution < 1.29 is 4.79 Å². The molecule has 0 aromatic carbocycles. The van der Waals surface area contributed by atoms with Gasteiger partial charge in [-0.1, -0.05) is 0 Å². The summed E-state index contributed by atoms with van der Waals surface area (Å²) in [6.07, 6.45) is 8.69. The zero-order valence-corrected chi connectivity index (χ0v) is 12.3. The van der Waals surface area contributed by atoms with Gasteiger partial charge in [0.15, 0.2) is 5.69 Å². The Morgan fingerprint density at radius 1 is 1.29 bits per heavy atom. The van der Waals surface area contributed by atoms with Gasteiger partial charge in [-0.15, -0.1) is 0 Å². The minimum atomic E-state index is 0.0171. The van der Waals surface area contributed by atoms with Crippen LogP contribution in [0.5, 0.6) is 0 Å². The molecule has 3 rings (SSSR count). The van der Waals surface area contributed by atoms with E-state index in [1.54, 1.807) is 17.3 Å². The monoisotopic (exact) mass is 284 g/mol. The summed E-state index contributed by atoms with van der Waals surface area (Å²) in [6.45, 7) is 0.685. The first-order valence-electron chi connectivity index (χ1n) is 7.46. The van der Waals surface area contributed by atoms with Crippen molar-refractivity contribution in [1.29, 1.82) is 0 Å². The molecule has 110 valence electrons. The van der Waals surface area contributed by atoms with Crippen LogP contribution in [0.4, 0.5) is 0 Å². The second kappa shape index (κ2) is 6.08. The molecule has 5 heteroatoms. The summed E-state index contributed by atoms with van der Waals surface area (Å²) in [5.41, 5.74) is 4.07. The third-order valence-electron chi connectivity index (χ3n) is 4.09. The van der Waals surface area contributed by atoms with Crippen LogP contribution in [0.3, 0.4) is 0 Å². The third-order valence-corrected chi connectivity index (χ3v) is 4.09. The number of carbonyl (C=O) groups excluding carboxylic acids is 1. The lowest BCUT2D eigenvalue weighted by Gasteiger charge is -2.17. The van der Waals surface area contributed by atoms with E-state index in [-0.39, 0.29) is 5.91 Å². The predicted octanol–water partition coefficient (Wildman–Crippen LogP) is 2.00. The van der Waals surface area contributed by atoms with Crippen molar-refractivity contribution in [2.75, 3.05) is 13.6 Å². The predicted molar refractivity (Wildman–Crippen MR) is 80.1 cm³/mol. The second-order valence-electron chi connectivity index (χ2n) is 5.57. The first kappa shape index (κ1) is 13.8. The summed E-state index contributed by atoms with van der Waals surface area (Å²) in [4.78, 5) is 18.3. The molecule has 21 heavy (non-hydrogen) atoms. The van der Waals surface area contributed by atoms with E-state index in [0.717, 1.165) is 36.9 Å². The van der Waals surface area contributed by atoms with Crippen LogP contribution in [0.1, 0.15) is 40.2 Å². The fourth-order valence-corrected chi connectivity index (χ4v) is 2.79. The van der Waals surface area contributed by atoms with Gasteiger partial charge < -0.3 is 4.90 Å². The molecule has 0 bridgehead atoms. The number of fused-ring (bicyclic) bond motifs is 1. The van der Waals surface area contributed by atoms with Crippen molar-refractivity contribution in [3.8, 4) is 0 Å². The highest BCUT2D eigenvalue weighted by Crippen LogP contribution is 2.22. The number of hydrogen-bond donors (Lipinski definition) is 1. The number of amides is 1. The number of nitrogens with zero attached hydrogens (tertiary/aromatic N) is 3. The van der Waals surface area contributed by atoms with E-state index in [2.05, 4.69) is 15.2 Å². The largest absolute Gasteiger partial charge is 0.340 e. The molecule has 0 fully saturated rings. The van der Waals surface area contributed by atoms with Gasteiger partial charge in [0, 0.05) is 37.2 Å². The Kier molecular flexibility index (Phi) is 3.99. The zero-order chi connectivity index (χ0) is 14.7. The number of likely N-dealkylation sites (N-methyl/N-ethyl adjacent to an activating group) is 1. The van der Waals surface area contributed by atoms with E-state index in [1.165, 1.54) is 12.0 Å². The number of aryl methyl sites for hydroxylation is 1. The maximum absolute atomic E-state index is 12.5. The molecule has 0 atom stereocenters. The molecule has 0 saturated heterocycles. The summed E-state index contributed by atoms with van der Waals surface area (Å²) in [6, 6.07) is 3.96.